The van der Waals surface area contributed by atoms with Crippen molar-refractivity contribution in [3.63, 3.8) is 0 Å². The number of carbonyl (C=O) groups excluding carboxylic acids is 1. The predicted octanol–water partition coefficient (Wildman–Crippen LogP) is -0.336. The van der Waals surface area contributed by atoms with Crippen LogP contribution >= 0.6 is 0 Å². The number of hydrogen-bond donors (Lipinski definition) is 2. The molecule has 0 saturated heterocycles. The molecule has 0 atom stereocenters. The van der Waals surface area contributed by atoms with E-state index in [-0.39, 0.29) is 5.91 Å². The number of nitrogens with one attached hydrogen (secondary N) is 2. The van der Waals surface area contributed by atoms with Gasteiger partial charge in [-0.1, -0.05) is 0 Å². The van der Waals surface area contributed by atoms with Crippen LogP contribution in [0.25, 0.3) is 0 Å². The first-order chi connectivity index (χ1) is 4.81. The molecule has 0 aromatic rings. The van der Waals surface area contributed by atoms with E-state index in [2.05, 4.69) is 10.8 Å². The summed E-state index contributed by atoms with van der Waals surface area (Å²) >= 11 is 0. The molecular weight excluding hydrogens is 132 g/mol. The standard InChI is InChI=1S/C6H14N2O2/c1-3-10-8-5-4-6(9)7-2/h8H,3-5H2,1-2H3,(H,7,9). The third-order valence-corrected chi connectivity index (χ3v) is 0.979. The van der Waals surface area contributed by atoms with Crippen molar-refractivity contribution in [3.8, 4) is 0 Å². The molecule has 2 N–H and O–H groups in total. The Labute approximate surface area is 60.9 Å². The maximum Gasteiger partial charge on any atom is 0.221 e. The molecule has 0 aromatic carbocycles. The first-order valence-corrected chi connectivity index (χ1v) is 3.36. The van der Waals surface area contributed by atoms with Crippen LogP contribution in [0, 0.1) is 0 Å². The van der Waals surface area contributed by atoms with Gasteiger partial charge in [-0.05, 0) is 6.92 Å². The van der Waals surface area contributed by atoms with E-state index in [0.29, 0.717) is 19.6 Å². The molecule has 0 aliphatic heterocycles. The minimum Gasteiger partial charge on any atom is -0.359 e. The van der Waals surface area contributed by atoms with Crippen LogP contribution in [0.2, 0.25) is 0 Å². The predicted molar refractivity (Wildman–Crippen MR) is 38.3 cm³/mol. The van der Waals surface area contributed by atoms with Crippen molar-refractivity contribution in [2.75, 3.05) is 20.2 Å². The largest absolute Gasteiger partial charge is 0.359 e. The summed E-state index contributed by atoms with van der Waals surface area (Å²) in [5.74, 6) is 0.0206. The first kappa shape index (κ1) is 9.39. The van der Waals surface area contributed by atoms with Crippen LogP contribution < -0.4 is 10.8 Å². The Morgan fingerprint density at radius 2 is 2.30 bits per heavy atom. The minimum atomic E-state index is 0.0206. The van der Waals surface area contributed by atoms with Crippen LogP contribution in [0.3, 0.4) is 0 Å². The third kappa shape index (κ3) is 5.53. The number of hydrogen-bond acceptors (Lipinski definition) is 3. The summed E-state index contributed by atoms with van der Waals surface area (Å²) in [4.78, 5) is 15.4. The van der Waals surface area contributed by atoms with Crippen molar-refractivity contribution in [1.82, 2.24) is 10.8 Å². The van der Waals surface area contributed by atoms with E-state index >= 15 is 0 Å². The van der Waals surface area contributed by atoms with Crippen molar-refractivity contribution in [1.29, 1.82) is 0 Å². The summed E-state index contributed by atoms with van der Waals surface area (Å²) < 4.78 is 0. The normalized spacial score (nSPS) is 9.40. The van der Waals surface area contributed by atoms with Crippen LogP contribution in [-0.2, 0) is 9.63 Å². The van der Waals surface area contributed by atoms with Crippen LogP contribution in [-0.4, -0.2) is 26.1 Å². The highest BCUT2D eigenvalue weighted by atomic mass is 16.6. The quantitative estimate of drug-likeness (QED) is 0.412. The molecule has 60 valence electrons. The minimum absolute atomic E-state index is 0.0206. The molecule has 0 radical (unpaired) electrons. The lowest BCUT2D eigenvalue weighted by Gasteiger charge is -2.01. The van der Waals surface area contributed by atoms with Crippen LogP contribution in [0.4, 0.5) is 0 Å². The summed E-state index contributed by atoms with van der Waals surface area (Å²) in [6, 6.07) is 0. The molecule has 10 heavy (non-hydrogen) atoms. The fourth-order valence-electron chi connectivity index (χ4n) is 0.464. The van der Waals surface area contributed by atoms with Gasteiger partial charge < -0.3 is 10.2 Å². The zero-order valence-electron chi connectivity index (χ0n) is 6.44. The zero-order chi connectivity index (χ0) is 7.82. The van der Waals surface area contributed by atoms with Crippen molar-refractivity contribution in [2.45, 2.75) is 13.3 Å². The fraction of sp³-hybridized carbons (Fsp3) is 0.833. The van der Waals surface area contributed by atoms with E-state index in [4.69, 9.17) is 4.84 Å². The Morgan fingerprint density at radius 1 is 1.60 bits per heavy atom. The van der Waals surface area contributed by atoms with Gasteiger partial charge in [0, 0.05) is 20.0 Å². The summed E-state index contributed by atoms with van der Waals surface area (Å²) in [6.45, 7) is 3.06. The third-order valence-electron chi connectivity index (χ3n) is 0.979. The molecule has 0 bridgehead atoms. The molecule has 0 aliphatic rings. The Kier molecular flexibility index (Phi) is 6.11. The molecule has 4 nitrogen and oxygen atoms in total. The van der Waals surface area contributed by atoms with Crippen molar-refractivity contribution >= 4 is 5.91 Å². The second-order valence-corrected chi connectivity index (χ2v) is 1.75. The summed E-state index contributed by atoms with van der Waals surface area (Å²) in [5.41, 5.74) is 2.64. The maximum absolute atomic E-state index is 10.6. The van der Waals surface area contributed by atoms with E-state index in [1.165, 1.54) is 0 Å². The summed E-state index contributed by atoms with van der Waals surface area (Å²) in [5, 5.41) is 2.51. The molecule has 0 fully saturated rings. The van der Waals surface area contributed by atoms with Gasteiger partial charge >= 0.3 is 0 Å². The molecule has 0 heterocycles. The second-order valence-electron chi connectivity index (χ2n) is 1.75. The maximum atomic E-state index is 10.6. The molecule has 0 aliphatic carbocycles. The molecule has 0 rings (SSSR count). The Bertz CT molecular complexity index is 95.7. The van der Waals surface area contributed by atoms with Gasteiger partial charge in [-0.15, -0.1) is 0 Å². The van der Waals surface area contributed by atoms with Gasteiger partial charge in [0.2, 0.25) is 5.91 Å². The van der Waals surface area contributed by atoms with Gasteiger partial charge in [-0.2, -0.15) is 0 Å². The van der Waals surface area contributed by atoms with E-state index < -0.39 is 0 Å². The number of rotatable bonds is 5. The molecule has 1 amide bonds. The number of hydroxylamine groups is 1. The van der Waals surface area contributed by atoms with Crippen molar-refractivity contribution < 1.29 is 9.63 Å². The highest BCUT2D eigenvalue weighted by Gasteiger charge is 1.94. The highest BCUT2D eigenvalue weighted by Crippen LogP contribution is 1.74. The fourth-order valence-corrected chi connectivity index (χ4v) is 0.464. The van der Waals surface area contributed by atoms with Gasteiger partial charge in [0.15, 0.2) is 0 Å². The van der Waals surface area contributed by atoms with E-state index in [1.807, 2.05) is 6.92 Å². The van der Waals surface area contributed by atoms with E-state index in [0.717, 1.165) is 0 Å². The lowest BCUT2D eigenvalue weighted by Crippen LogP contribution is -2.24. The smallest absolute Gasteiger partial charge is 0.221 e. The van der Waals surface area contributed by atoms with E-state index in [1.54, 1.807) is 7.05 Å². The van der Waals surface area contributed by atoms with Crippen molar-refractivity contribution in [2.24, 2.45) is 0 Å². The van der Waals surface area contributed by atoms with Gasteiger partial charge in [0.05, 0.1) is 6.61 Å². The number of carbonyl (C=O) groups is 1. The van der Waals surface area contributed by atoms with Gasteiger partial charge in [-0.25, -0.2) is 5.48 Å². The monoisotopic (exact) mass is 146 g/mol. The lowest BCUT2D eigenvalue weighted by atomic mass is 10.4. The summed E-state index contributed by atoms with van der Waals surface area (Å²) in [7, 11) is 1.61. The molecule has 4 heteroatoms. The average molecular weight is 146 g/mol. The number of amides is 1. The van der Waals surface area contributed by atoms with Gasteiger partial charge in [0.1, 0.15) is 0 Å². The lowest BCUT2D eigenvalue weighted by molar-refractivity contribution is -0.121. The topological polar surface area (TPSA) is 50.4 Å². The molecule has 0 unspecified atom stereocenters. The molecule has 0 spiro atoms. The van der Waals surface area contributed by atoms with E-state index in [9.17, 15) is 4.79 Å². The van der Waals surface area contributed by atoms with Crippen LogP contribution in [0.15, 0.2) is 0 Å². The molecule has 0 saturated carbocycles. The highest BCUT2D eigenvalue weighted by molar-refractivity contribution is 5.75. The Hall–Kier alpha value is -0.610. The average Bonchev–Trinajstić information content (AvgIpc) is 1.98. The first-order valence-electron chi connectivity index (χ1n) is 3.36. The van der Waals surface area contributed by atoms with Crippen LogP contribution in [0.1, 0.15) is 13.3 Å². The van der Waals surface area contributed by atoms with Crippen molar-refractivity contribution in [3.05, 3.63) is 0 Å². The zero-order valence-corrected chi connectivity index (χ0v) is 6.44. The molecule has 0 aromatic heterocycles. The summed E-state index contributed by atoms with van der Waals surface area (Å²) in [6.07, 6.45) is 0.455. The Balaban J connectivity index is 2.96. The SMILES string of the molecule is CCONCCC(=O)NC. The van der Waals surface area contributed by atoms with Gasteiger partial charge in [-0.3, -0.25) is 4.79 Å². The van der Waals surface area contributed by atoms with Crippen LogP contribution in [0.5, 0.6) is 0 Å². The van der Waals surface area contributed by atoms with Gasteiger partial charge in [0.25, 0.3) is 0 Å². The molecular formula is C6H14N2O2. The second kappa shape index (κ2) is 6.51. The Morgan fingerprint density at radius 3 is 2.80 bits per heavy atom.